The number of hydrogen-bond donors (Lipinski definition) is 0. The summed E-state index contributed by atoms with van der Waals surface area (Å²) in [5.41, 5.74) is 0.737. The molecule has 1 aromatic heterocycles. The number of rotatable bonds is 3. The molecule has 1 heterocycles. The average Bonchev–Trinajstić information content (AvgIpc) is 2.62. The number of nitroso groups, excluding NO2 is 1. The monoisotopic (exact) mass is 234 g/mol. The Bertz CT molecular complexity index is 572. The maximum Gasteiger partial charge on any atom is 0.128 e. The summed E-state index contributed by atoms with van der Waals surface area (Å²) >= 11 is 0. The highest BCUT2D eigenvalue weighted by atomic mass is 19.1. The topological polar surface area (TPSA) is 34.4 Å². The van der Waals surface area contributed by atoms with E-state index in [1.807, 2.05) is 22.9 Å². The molecule has 0 radical (unpaired) electrons. The molecule has 0 saturated heterocycles. The summed E-state index contributed by atoms with van der Waals surface area (Å²) in [6.45, 7) is 5.71. The summed E-state index contributed by atoms with van der Waals surface area (Å²) in [5.74, 6) is -0.227. The molecule has 3 nitrogen and oxygen atoms in total. The maximum absolute atomic E-state index is 13.5. The molecule has 0 aliphatic rings. The van der Waals surface area contributed by atoms with E-state index in [2.05, 4.69) is 5.18 Å². The van der Waals surface area contributed by atoms with Crippen molar-refractivity contribution in [1.29, 1.82) is 0 Å². The Balaban J connectivity index is 2.49. The lowest BCUT2D eigenvalue weighted by molar-refractivity contribution is 0.441. The third kappa shape index (κ3) is 2.20. The predicted molar refractivity (Wildman–Crippen MR) is 66.5 cm³/mol. The molecule has 1 aromatic carbocycles. The normalized spacial score (nSPS) is 12.0. The van der Waals surface area contributed by atoms with Gasteiger partial charge in [-0.05, 0) is 44.5 Å². The summed E-state index contributed by atoms with van der Waals surface area (Å²) in [4.78, 5) is 10.7. The standard InChI is InChI=1S/C13H15FN2O/c1-9-6-10-4-5-16(8-13(2,3)15-17)12(10)7-11(9)14/h4-7H,8H2,1-3H3. The molecular weight excluding hydrogens is 219 g/mol. The molecule has 0 N–H and O–H groups in total. The Hall–Kier alpha value is -1.71. The first-order valence-corrected chi connectivity index (χ1v) is 5.52. The van der Waals surface area contributed by atoms with Crippen LogP contribution in [-0.2, 0) is 6.54 Å². The summed E-state index contributed by atoms with van der Waals surface area (Å²) in [7, 11) is 0. The van der Waals surface area contributed by atoms with Crippen molar-refractivity contribution in [2.75, 3.05) is 0 Å². The van der Waals surface area contributed by atoms with E-state index in [0.717, 1.165) is 10.9 Å². The van der Waals surface area contributed by atoms with Crippen LogP contribution in [0.3, 0.4) is 0 Å². The lowest BCUT2D eigenvalue weighted by atomic mass is 10.1. The molecule has 0 fully saturated rings. The number of halogens is 1. The molecule has 2 rings (SSSR count). The van der Waals surface area contributed by atoms with E-state index >= 15 is 0 Å². The van der Waals surface area contributed by atoms with Crippen molar-refractivity contribution in [3.63, 3.8) is 0 Å². The van der Waals surface area contributed by atoms with Crippen LogP contribution < -0.4 is 0 Å². The zero-order valence-electron chi connectivity index (χ0n) is 10.2. The third-order valence-corrected chi connectivity index (χ3v) is 2.86. The second-order valence-corrected chi connectivity index (χ2v) is 5.01. The van der Waals surface area contributed by atoms with Gasteiger partial charge in [0.2, 0.25) is 0 Å². The third-order valence-electron chi connectivity index (χ3n) is 2.86. The van der Waals surface area contributed by atoms with Crippen molar-refractivity contribution in [2.24, 2.45) is 5.18 Å². The van der Waals surface area contributed by atoms with Gasteiger partial charge in [0.05, 0.1) is 12.1 Å². The zero-order valence-corrected chi connectivity index (χ0v) is 10.2. The molecule has 0 spiro atoms. The van der Waals surface area contributed by atoms with E-state index in [0.29, 0.717) is 12.1 Å². The lowest BCUT2D eigenvalue weighted by Gasteiger charge is -2.17. The molecule has 0 unspecified atom stereocenters. The van der Waals surface area contributed by atoms with Gasteiger partial charge in [-0.25, -0.2) is 4.39 Å². The summed E-state index contributed by atoms with van der Waals surface area (Å²) in [6, 6.07) is 5.23. The average molecular weight is 234 g/mol. The van der Waals surface area contributed by atoms with E-state index < -0.39 is 5.54 Å². The fraction of sp³-hybridized carbons (Fsp3) is 0.385. The molecule has 90 valence electrons. The summed E-state index contributed by atoms with van der Waals surface area (Å²) in [5, 5.41) is 4.05. The molecule has 17 heavy (non-hydrogen) atoms. The van der Waals surface area contributed by atoms with Crippen LogP contribution in [0, 0.1) is 17.6 Å². The van der Waals surface area contributed by atoms with Gasteiger partial charge in [-0.2, -0.15) is 4.91 Å². The van der Waals surface area contributed by atoms with E-state index in [1.54, 1.807) is 20.8 Å². The smallest absolute Gasteiger partial charge is 0.128 e. The van der Waals surface area contributed by atoms with Gasteiger partial charge >= 0.3 is 0 Å². The molecular formula is C13H15FN2O. The Labute approximate surface area is 99.2 Å². The summed E-state index contributed by atoms with van der Waals surface area (Å²) < 4.78 is 15.4. The van der Waals surface area contributed by atoms with E-state index in [1.165, 1.54) is 6.07 Å². The largest absolute Gasteiger partial charge is 0.345 e. The fourth-order valence-electron chi connectivity index (χ4n) is 1.91. The van der Waals surface area contributed by atoms with Gasteiger partial charge in [0, 0.05) is 11.6 Å². The van der Waals surface area contributed by atoms with Crippen LogP contribution in [0.4, 0.5) is 4.39 Å². The van der Waals surface area contributed by atoms with E-state index in [-0.39, 0.29) is 5.82 Å². The zero-order chi connectivity index (χ0) is 12.6. The van der Waals surface area contributed by atoms with Crippen LogP contribution >= 0.6 is 0 Å². The van der Waals surface area contributed by atoms with Crippen LogP contribution in [0.15, 0.2) is 29.6 Å². The molecule has 0 atom stereocenters. The second-order valence-electron chi connectivity index (χ2n) is 5.01. The molecule has 0 bridgehead atoms. The van der Waals surface area contributed by atoms with Gasteiger partial charge in [0.1, 0.15) is 11.4 Å². The van der Waals surface area contributed by atoms with Gasteiger partial charge in [0.25, 0.3) is 0 Å². The predicted octanol–water partition coefficient (Wildman–Crippen LogP) is 3.63. The minimum absolute atomic E-state index is 0.227. The lowest BCUT2D eigenvalue weighted by Crippen LogP contribution is -2.23. The van der Waals surface area contributed by atoms with Gasteiger partial charge in [0.15, 0.2) is 0 Å². The SMILES string of the molecule is Cc1cc2ccn(CC(C)(C)N=O)c2cc1F. The van der Waals surface area contributed by atoms with Crippen molar-refractivity contribution in [1.82, 2.24) is 4.57 Å². The number of aromatic nitrogens is 1. The van der Waals surface area contributed by atoms with Crippen molar-refractivity contribution < 1.29 is 4.39 Å². The van der Waals surface area contributed by atoms with Crippen LogP contribution in [0.1, 0.15) is 19.4 Å². The van der Waals surface area contributed by atoms with Gasteiger partial charge in [-0.3, -0.25) is 0 Å². The number of nitrogens with zero attached hydrogens (tertiary/aromatic N) is 2. The molecule has 2 aromatic rings. The Kier molecular flexibility index (Phi) is 2.73. The van der Waals surface area contributed by atoms with E-state index in [9.17, 15) is 9.30 Å². The number of hydrogen-bond acceptors (Lipinski definition) is 2. The molecule has 4 heteroatoms. The first-order valence-electron chi connectivity index (χ1n) is 5.52. The molecule has 0 amide bonds. The fourth-order valence-corrected chi connectivity index (χ4v) is 1.91. The number of benzene rings is 1. The Morgan fingerprint density at radius 2 is 2.12 bits per heavy atom. The minimum atomic E-state index is -0.687. The van der Waals surface area contributed by atoms with Gasteiger partial charge < -0.3 is 4.57 Å². The summed E-state index contributed by atoms with van der Waals surface area (Å²) in [6.07, 6.45) is 1.86. The van der Waals surface area contributed by atoms with Crippen molar-refractivity contribution in [2.45, 2.75) is 32.9 Å². The van der Waals surface area contributed by atoms with Gasteiger partial charge in [-0.15, -0.1) is 0 Å². The highest BCUT2D eigenvalue weighted by Gasteiger charge is 2.20. The minimum Gasteiger partial charge on any atom is -0.345 e. The highest BCUT2D eigenvalue weighted by Crippen LogP contribution is 2.22. The van der Waals surface area contributed by atoms with Crippen molar-refractivity contribution in [3.05, 3.63) is 40.7 Å². The number of fused-ring (bicyclic) bond motifs is 1. The van der Waals surface area contributed by atoms with Crippen molar-refractivity contribution in [3.8, 4) is 0 Å². The van der Waals surface area contributed by atoms with Crippen LogP contribution in [0.2, 0.25) is 0 Å². The second kappa shape index (κ2) is 3.95. The quantitative estimate of drug-likeness (QED) is 0.746. The first kappa shape index (κ1) is 11.8. The number of aryl methyl sites for hydroxylation is 1. The van der Waals surface area contributed by atoms with Gasteiger partial charge in [-0.1, -0.05) is 5.18 Å². The van der Waals surface area contributed by atoms with Crippen LogP contribution in [-0.4, -0.2) is 10.1 Å². The molecule has 0 saturated carbocycles. The molecule has 0 aliphatic carbocycles. The Morgan fingerprint density at radius 3 is 2.76 bits per heavy atom. The molecule has 0 aliphatic heterocycles. The Morgan fingerprint density at radius 1 is 1.41 bits per heavy atom. The maximum atomic E-state index is 13.5. The van der Waals surface area contributed by atoms with E-state index in [4.69, 9.17) is 0 Å². The highest BCUT2D eigenvalue weighted by molar-refractivity contribution is 5.81. The van der Waals surface area contributed by atoms with Crippen molar-refractivity contribution >= 4 is 10.9 Å². The van der Waals surface area contributed by atoms with Crippen LogP contribution in [0.25, 0.3) is 10.9 Å². The first-order chi connectivity index (χ1) is 7.93. The van der Waals surface area contributed by atoms with Crippen LogP contribution in [0.5, 0.6) is 0 Å².